The van der Waals surface area contributed by atoms with E-state index in [1.807, 2.05) is 25.1 Å². The average Bonchev–Trinajstić information content (AvgIpc) is 2.46. The lowest BCUT2D eigenvalue weighted by atomic mass is 10.1. The summed E-state index contributed by atoms with van der Waals surface area (Å²) in [5, 5.41) is 8.86. The van der Waals surface area contributed by atoms with Gasteiger partial charge < -0.3 is 15.6 Å². The first-order valence-electron chi connectivity index (χ1n) is 6.47. The number of ether oxygens (including phenoxy) is 1. The van der Waals surface area contributed by atoms with Crippen molar-refractivity contribution in [2.45, 2.75) is 19.6 Å². The van der Waals surface area contributed by atoms with Crippen LogP contribution in [0.15, 0.2) is 46.9 Å². The van der Waals surface area contributed by atoms with Crippen LogP contribution in [0.5, 0.6) is 5.75 Å². The largest absolute Gasteiger partial charge is 0.489 e. The van der Waals surface area contributed by atoms with Crippen molar-refractivity contribution in [3.8, 4) is 5.75 Å². The molecule has 3 N–H and O–H groups in total. The Labute approximate surface area is 131 Å². The van der Waals surface area contributed by atoms with E-state index in [1.165, 1.54) is 0 Å². The van der Waals surface area contributed by atoms with E-state index >= 15 is 0 Å². The summed E-state index contributed by atoms with van der Waals surface area (Å²) in [5.41, 5.74) is 8.03. The minimum absolute atomic E-state index is 0.133. The molecule has 0 saturated heterocycles. The topological polar surface area (TPSA) is 72.5 Å². The Morgan fingerprint density at radius 3 is 2.52 bits per heavy atom. The van der Waals surface area contributed by atoms with Crippen LogP contribution in [0.1, 0.15) is 34.5 Å². The molecule has 4 nitrogen and oxygen atoms in total. The third-order valence-electron chi connectivity index (χ3n) is 3.06. The molecular formula is C16H16BrNO3. The maximum absolute atomic E-state index is 10.8. The summed E-state index contributed by atoms with van der Waals surface area (Å²) >= 11 is 3.42. The number of hydrogen-bond acceptors (Lipinski definition) is 3. The zero-order valence-electron chi connectivity index (χ0n) is 11.5. The quantitative estimate of drug-likeness (QED) is 0.862. The molecule has 2 rings (SSSR count). The lowest BCUT2D eigenvalue weighted by Gasteiger charge is -2.14. The van der Waals surface area contributed by atoms with Crippen LogP contribution < -0.4 is 10.5 Å². The number of rotatable bonds is 5. The van der Waals surface area contributed by atoms with Gasteiger partial charge >= 0.3 is 5.97 Å². The summed E-state index contributed by atoms with van der Waals surface area (Å²) in [7, 11) is 0. The number of carboxylic acid groups (broad SMARTS) is 1. The van der Waals surface area contributed by atoms with Crippen molar-refractivity contribution in [3.63, 3.8) is 0 Å². The number of aromatic carboxylic acids is 1. The van der Waals surface area contributed by atoms with Crippen LogP contribution in [0.2, 0.25) is 0 Å². The monoisotopic (exact) mass is 349 g/mol. The van der Waals surface area contributed by atoms with Crippen LogP contribution in [0.3, 0.4) is 0 Å². The maximum Gasteiger partial charge on any atom is 0.335 e. The molecule has 0 bridgehead atoms. The van der Waals surface area contributed by atoms with Gasteiger partial charge in [0.1, 0.15) is 12.4 Å². The molecule has 2 aromatic carbocycles. The molecule has 1 atom stereocenters. The Morgan fingerprint density at radius 1 is 1.29 bits per heavy atom. The molecule has 0 fully saturated rings. The first kappa shape index (κ1) is 15.5. The van der Waals surface area contributed by atoms with E-state index in [-0.39, 0.29) is 11.6 Å². The van der Waals surface area contributed by atoms with E-state index in [0.717, 1.165) is 21.3 Å². The van der Waals surface area contributed by atoms with Gasteiger partial charge in [0.15, 0.2) is 0 Å². The van der Waals surface area contributed by atoms with Crippen molar-refractivity contribution in [3.05, 3.63) is 63.6 Å². The zero-order chi connectivity index (χ0) is 15.4. The highest BCUT2D eigenvalue weighted by Gasteiger charge is 2.09. The van der Waals surface area contributed by atoms with Crippen molar-refractivity contribution in [1.29, 1.82) is 0 Å². The molecule has 0 saturated carbocycles. The van der Waals surface area contributed by atoms with Crippen molar-refractivity contribution < 1.29 is 14.6 Å². The van der Waals surface area contributed by atoms with Crippen LogP contribution in [0, 0.1) is 0 Å². The normalized spacial score (nSPS) is 12.0. The van der Waals surface area contributed by atoms with Crippen molar-refractivity contribution in [2.24, 2.45) is 5.73 Å². The summed E-state index contributed by atoms with van der Waals surface area (Å²) in [6, 6.07) is 12.2. The highest BCUT2D eigenvalue weighted by molar-refractivity contribution is 9.10. The molecule has 0 unspecified atom stereocenters. The first-order valence-corrected chi connectivity index (χ1v) is 7.26. The second-order valence-corrected chi connectivity index (χ2v) is 5.68. The predicted molar refractivity (Wildman–Crippen MR) is 84.5 cm³/mol. The summed E-state index contributed by atoms with van der Waals surface area (Å²) in [6.07, 6.45) is 0. The van der Waals surface area contributed by atoms with Gasteiger partial charge in [-0.25, -0.2) is 4.79 Å². The van der Waals surface area contributed by atoms with Crippen LogP contribution in [-0.2, 0) is 6.61 Å². The number of carbonyl (C=O) groups is 1. The smallest absolute Gasteiger partial charge is 0.335 e. The van der Waals surface area contributed by atoms with Gasteiger partial charge in [0, 0.05) is 16.1 Å². The van der Waals surface area contributed by atoms with Crippen LogP contribution >= 0.6 is 15.9 Å². The fourth-order valence-electron chi connectivity index (χ4n) is 1.91. The van der Waals surface area contributed by atoms with Gasteiger partial charge in [0.2, 0.25) is 0 Å². The van der Waals surface area contributed by atoms with Gasteiger partial charge in [0.05, 0.1) is 5.56 Å². The molecule has 0 heterocycles. The number of carboxylic acids is 1. The molecule has 5 heteroatoms. The third-order valence-corrected chi connectivity index (χ3v) is 3.55. The molecule has 110 valence electrons. The molecule has 0 aliphatic carbocycles. The minimum Gasteiger partial charge on any atom is -0.489 e. The molecule has 21 heavy (non-hydrogen) atoms. The first-order chi connectivity index (χ1) is 9.97. The maximum atomic E-state index is 10.8. The van der Waals surface area contributed by atoms with E-state index in [1.54, 1.807) is 24.3 Å². The van der Waals surface area contributed by atoms with Gasteiger partial charge in [-0.1, -0.05) is 28.1 Å². The second-order valence-electron chi connectivity index (χ2n) is 4.76. The molecule has 0 amide bonds. The minimum atomic E-state index is -0.936. The molecule has 0 spiro atoms. The van der Waals surface area contributed by atoms with E-state index in [2.05, 4.69) is 15.9 Å². The van der Waals surface area contributed by atoms with Crippen LogP contribution in [0.4, 0.5) is 0 Å². The standard InChI is InChI=1S/C16H16BrNO3/c1-10(18)14-8-13(17)6-7-15(14)21-9-11-2-4-12(5-3-11)16(19)20/h2-8,10H,9,18H2,1H3,(H,19,20)/t10-/m0/s1. The van der Waals surface area contributed by atoms with Gasteiger partial charge in [0.25, 0.3) is 0 Å². The van der Waals surface area contributed by atoms with E-state index in [4.69, 9.17) is 15.6 Å². The average molecular weight is 350 g/mol. The fourth-order valence-corrected chi connectivity index (χ4v) is 2.29. The Kier molecular flexibility index (Phi) is 4.98. The summed E-state index contributed by atoms with van der Waals surface area (Å²) < 4.78 is 6.74. The Hall–Kier alpha value is -1.85. The predicted octanol–water partition coefficient (Wildman–Crippen LogP) is 3.75. The molecule has 0 radical (unpaired) electrons. The zero-order valence-corrected chi connectivity index (χ0v) is 13.1. The van der Waals surface area contributed by atoms with E-state index in [9.17, 15) is 4.79 Å². The third kappa shape index (κ3) is 4.06. The molecule has 2 aromatic rings. The fraction of sp³-hybridized carbons (Fsp3) is 0.188. The lowest BCUT2D eigenvalue weighted by molar-refractivity contribution is 0.0697. The second kappa shape index (κ2) is 6.74. The number of nitrogens with two attached hydrogens (primary N) is 1. The Morgan fingerprint density at radius 2 is 1.95 bits per heavy atom. The van der Waals surface area contributed by atoms with Crippen LogP contribution in [0.25, 0.3) is 0 Å². The van der Waals surface area contributed by atoms with Gasteiger partial charge in [-0.15, -0.1) is 0 Å². The van der Waals surface area contributed by atoms with Crippen molar-refractivity contribution in [1.82, 2.24) is 0 Å². The summed E-state index contributed by atoms with van der Waals surface area (Å²) in [6.45, 7) is 2.26. The SMILES string of the molecule is C[C@H](N)c1cc(Br)ccc1OCc1ccc(C(=O)O)cc1. The molecule has 0 aliphatic heterocycles. The summed E-state index contributed by atoms with van der Waals surface area (Å²) in [5.74, 6) is -0.204. The van der Waals surface area contributed by atoms with E-state index in [0.29, 0.717) is 6.61 Å². The molecule has 0 aromatic heterocycles. The van der Waals surface area contributed by atoms with E-state index < -0.39 is 5.97 Å². The van der Waals surface area contributed by atoms with Gasteiger partial charge in [-0.2, -0.15) is 0 Å². The molecular weight excluding hydrogens is 334 g/mol. The van der Waals surface area contributed by atoms with Gasteiger partial charge in [-0.05, 0) is 42.8 Å². The van der Waals surface area contributed by atoms with Gasteiger partial charge in [-0.3, -0.25) is 0 Å². The highest BCUT2D eigenvalue weighted by Crippen LogP contribution is 2.28. The van der Waals surface area contributed by atoms with Crippen LogP contribution in [-0.4, -0.2) is 11.1 Å². The Balaban J connectivity index is 2.11. The number of halogens is 1. The molecule has 0 aliphatic rings. The summed E-state index contributed by atoms with van der Waals surface area (Å²) in [4.78, 5) is 10.8. The Bertz CT molecular complexity index is 638. The number of benzene rings is 2. The number of hydrogen-bond donors (Lipinski definition) is 2. The highest BCUT2D eigenvalue weighted by atomic mass is 79.9. The lowest BCUT2D eigenvalue weighted by Crippen LogP contribution is -2.08. The van der Waals surface area contributed by atoms with Crippen molar-refractivity contribution in [2.75, 3.05) is 0 Å². The van der Waals surface area contributed by atoms with Crippen molar-refractivity contribution >= 4 is 21.9 Å².